The maximum absolute atomic E-state index is 12.7. The topological polar surface area (TPSA) is 69.7 Å². The van der Waals surface area contributed by atoms with E-state index in [9.17, 15) is 4.79 Å². The molecule has 152 valence electrons. The van der Waals surface area contributed by atoms with Crippen molar-refractivity contribution in [1.29, 1.82) is 0 Å². The summed E-state index contributed by atoms with van der Waals surface area (Å²) in [6.45, 7) is 4.25. The number of ether oxygens (including phenoxy) is 3. The molecule has 3 rings (SSSR count). The minimum Gasteiger partial charge on any atom is -0.493 e. The molecule has 0 spiro atoms. The smallest absolute Gasteiger partial charge is 0.251 e. The Bertz CT molecular complexity index is 986. The molecule has 1 atom stereocenters. The second-order valence-corrected chi connectivity index (χ2v) is 7.55. The van der Waals surface area contributed by atoms with Crippen LogP contribution in [0.1, 0.15) is 39.6 Å². The fourth-order valence-electron chi connectivity index (χ4n) is 2.84. The Morgan fingerprint density at radius 1 is 1.14 bits per heavy atom. The molecular formula is C22H24N2O4S. The van der Waals surface area contributed by atoms with Gasteiger partial charge >= 0.3 is 0 Å². The van der Waals surface area contributed by atoms with Gasteiger partial charge in [0, 0.05) is 10.9 Å². The van der Waals surface area contributed by atoms with Gasteiger partial charge in [0.05, 0.1) is 31.0 Å². The van der Waals surface area contributed by atoms with Crippen molar-refractivity contribution >= 4 is 17.2 Å². The molecule has 0 radical (unpaired) electrons. The minimum absolute atomic E-state index is 0.178. The number of carbonyl (C=O) groups excluding carboxylic acids is 1. The van der Waals surface area contributed by atoms with Gasteiger partial charge in [0.15, 0.2) is 11.5 Å². The number of aromatic nitrogens is 1. The first-order chi connectivity index (χ1) is 14.0. The fraction of sp³-hybridized carbons (Fsp3) is 0.273. The molecule has 2 aromatic carbocycles. The monoisotopic (exact) mass is 412 g/mol. The molecule has 1 amide bonds. The first kappa shape index (κ1) is 20.7. The van der Waals surface area contributed by atoms with Crippen molar-refractivity contribution < 1.29 is 19.0 Å². The van der Waals surface area contributed by atoms with Crippen LogP contribution in [0, 0.1) is 6.92 Å². The summed E-state index contributed by atoms with van der Waals surface area (Å²) in [6, 6.07) is 12.5. The first-order valence-electron chi connectivity index (χ1n) is 9.17. The van der Waals surface area contributed by atoms with Crippen LogP contribution in [-0.2, 0) is 6.61 Å². The number of nitrogens with zero attached hydrogens (tertiary/aromatic N) is 1. The van der Waals surface area contributed by atoms with Crippen LogP contribution in [0.2, 0.25) is 0 Å². The Labute approximate surface area is 174 Å². The lowest BCUT2D eigenvalue weighted by Crippen LogP contribution is -2.26. The summed E-state index contributed by atoms with van der Waals surface area (Å²) in [7, 11) is 3.18. The van der Waals surface area contributed by atoms with Gasteiger partial charge in [0.25, 0.3) is 5.91 Å². The maximum atomic E-state index is 12.7. The average molecular weight is 413 g/mol. The molecule has 7 heteroatoms. The van der Waals surface area contributed by atoms with E-state index in [1.165, 1.54) is 0 Å². The molecule has 0 aliphatic rings. The van der Waals surface area contributed by atoms with Gasteiger partial charge in [-0.25, -0.2) is 4.98 Å². The molecule has 0 saturated heterocycles. The zero-order valence-electron chi connectivity index (χ0n) is 16.9. The summed E-state index contributed by atoms with van der Waals surface area (Å²) >= 11 is 1.59. The molecule has 1 unspecified atom stereocenters. The van der Waals surface area contributed by atoms with Crippen LogP contribution < -0.4 is 19.5 Å². The number of thiazole rings is 1. The Morgan fingerprint density at radius 2 is 1.93 bits per heavy atom. The van der Waals surface area contributed by atoms with Gasteiger partial charge in [-0.3, -0.25) is 4.79 Å². The molecule has 29 heavy (non-hydrogen) atoms. The van der Waals surface area contributed by atoms with Gasteiger partial charge in [0.1, 0.15) is 12.4 Å². The van der Waals surface area contributed by atoms with Crippen LogP contribution >= 0.6 is 11.3 Å². The Kier molecular flexibility index (Phi) is 6.72. The standard InChI is InChI=1S/C22H24N2O4S/c1-14(16-8-9-20(26-3)21(11-16)27-4)23-22(25)17-6-5-7-19(10-17)28-12-18-13-29-15(2)24-18/h5-11,13-14H,12H2,1-4H3,(H,23,25). The number of benzene rings is 2. The molecule has 6 nitrogen and oxygen atoms in total. The molecule has 1 aromatic heterocycles. The van der Waals surface area contributed by atoms with Crippen LogP contribution in [0.25, 0.3) is 0 Å². The third kappa shape index (κ3) is 5.26. The van der Waals surface area contributed by atoms with Crippen molar-refractivity contribution in [2.45, 2.75) is 26.5 Å². The number of hydrogen-bond acceptors (Lipinski definition) is 6. The van der Waals surface area contributed by atoms with Crippen LogP contribution in [0.4, 0.5) is 0 Å². The highest BCUT2D eigenvalue weighted by atomic mass is 32.1. The number of aryl methyl sites for hydroxylation is 1. The van der Waals surface area contributed by atoms with E-state index >= 15 is 0 Å². The lowest BCUT2D eigenvalue weighted by atomic mass is 10.1. The van der Waals surface area contributed by atoms with Crippen LogP contribution in [-0.4, -0.2) is 25.1 Å². The highest BCUT2D eigenvalue weighted by Gasteiger charge is 2.14. The summed E-state index contributed by atoms with van der Waals surface area (Å²) in [5.41, 5.74) is 2.33. The van der Waals surface area contributed by atoms with E-state index in [1.54, 1.807) is 43.8 Å². The van der Waals surface area contributed by atoms with Gasteiger partial charge in [-0.2, -0.15) is 0 Å². The largest absolute Gasteiger partial charge is 0.493 e. The van der Waals surface area contributed by atoms with Gasteiger partial charge in [-0.05, 0) is 49.7 Å². The van der Waals surface area contributed by atoms with Crippen molar-refractivity contribution in [3.05, 3.63) is 69.7 Å². The van der Waals surface area contributed by atoms with Crippen LogP contribution in [0.15, 0.2) is 47.8 Å². The summed E-state index contributed by atoms with van der Waals surface area (Å²) in [5, 5.41) is 5.97. The lowest BCUT2D eigenvalue weighted by molar-refractivity contribution is 0.0939. The number of amides is 1. The first-order valence-corrected chi connectivity index (χ1v) is 10.0. The van der Waals surface area contributed by atoms with E-state index in [-0.39, 0.29) is 11.9 Å². The van der Waals surface area contributed by atoms with Crippen molar-refractivity contribution in [3.63, 3.8) is 0 Å². The normalized spacial score (nSPS) is 11.6. The third-order valence-corrected chi connectivity index (χ3v) is 5.23. The van der Waals surface area contributed by atoms with Crippen LogP contribution in [0.3, 0.4) is 0 Å². The highest BCUT2D eigenvalue weighted by molar-refractivity contribution is 7.09. The lowest BCUT2D eigenvalue weighted by Gasteiger charge is -2.17. The number of hydrogen-bond donors (Lipinski definition) is 1. The Hall–Kier alpha value is -3.06. The number of methoxy groups -OCH3 is 2. The fourth-order valence-corrected chi connectivity index (χ4v) is 3.44. The van der Waals surface area contributed by atoms with Crippen LogP contribution in [0.5, 0.6) is 17.2 Å². The van der Waals surface area contributed by atoms with E-state index in [0.29, 0.717) is 29.4 Å². The van der Waals surface area contributed by atoms with Crippen molar-refractivity contribution in [2.75, 3.05) is 14.2 Å². The average Bonchev–Trinajstić information content (AvgIpc) is 3.17. The summed E-state index contributed by atoms with van der Waals surface area (Å²) < 4.78 is 16.4. The van der Waals surface area contributed by atoms with Crippen molar-refractivity contribution in [3.8, 4) is 17.2 Å². The quantitative estimate of drug-likeness (QED) is 0.588. The molecule has 0 fully saturated rings. The van der Waals surface area contributed by atoms with Crippen molar-refractivity contribution in [1.82, 2.24) is 10.3 Å². The molecule has 0 saturated carbocycles. The second-order valence-electron chi connectivity index (χ2n) is 6.48. The molecule has 0 aliphatic heterocycles. The van der Waals surface area contributed by atoms with E-state index in [2.05, 4.69) is 10.3 Å². The van der Waals surface area contributed by atoms with E-state index < -0.39 is 0 Å². The summed E-state index contributed by atoms with van der Waals surface area (Å²) in [6.07, 6.45) is 0. The maximum Gasteiger partial charge on any atom is 0.251 e. The van der Waals surface area contributed by atoms with Gasteiger partial charge in [-0.15, -0.1) is 11.3 Å². The molecule has 3 aromatic rings. The predicted octanol–water partition coefficient (Wildman–Crippen LogP) is 4.54. The Balaban J connectivity index is 1.65. The van der Waals surface area contributed by atoms with Gasteiger partial charge in [0.2, 0.25) is 0 Å². The minimum atomic E-state index is -0.204. The Morgan fingerprint density at radius 3 is 2.62 bits per heavy atom. The number of carbonyl (C=O) groups is 1. The van der Waals surface area contributed by atoms with Gasteiger partial charge in [-0.1, -0.05) is 12.1 Å². The molecule has 1 N–H and O–H groups in total. The summed E-state index contributed by atoms with van der Waals surface area (Å²) in [4.78, 5) is 17.1. The summed E-state index contributed by atoms with van der Waals surface area (Å²) in [5.74, 6) is 1.72. The number of rotatable bonds is 8. The third-order valence-electron chi connectivity index (χ3n) is 4.40. The molecular weight excluding hydrogens is 388 g/mol. The highest BCUT2D eigenvalue weighted by Crippen LogP contribution is 2.30. The zero-order chi connectivity index (χ0) is 20.8. The molecule has 0 bridgehead atoms. The second kappa shape index (κ2) is 9.43. The van der Waals surface area contributed by atoms with Crippen molar-refractivity contribution in [2.24, 2.45) is 0 Å². The molecule has 1 heterocycles. The number of nitrogens with one attached hydrogen (secondary N) is 1. The van der Waals surface area contributed by atoms with Gasteiger partial charge < -0.3 is 19.5 Å². The van der Waals surface area contributed by atoms with E-state index in [0.717, 1.165) is 16.3 Å². The van der Waals surface area contributed by atoms with E-state index in [1.807, 2.05) is 43.5 Å². The zero-order valence-corrected chi connectivity index (χ0v) is 17.7. The predicted molar refractivity (Wildman–Crippen MR) is 113 cm³/mol. The van der Waals surface area contributed by atoms with E-state index in [4.69, 9.17) is 14.2 Å². The molecule has 0 aliphatic carbocycles. The SMILES string of the molecule is COc1ccc(C(C)NC(=O)c2cccc(OCc3csc(C)n3)c2)cc1OC.